The Morgan fingerprint density at radius 1 is 1.28 bits per heavy atom. The van der Waals surface area contributed by atoms with E-state index < -0.39 is 18.0 Å². The Hall–Kier alpha value is -2.38. The molecule has 18 heavy (non-hydrogen) atoms. The van der Waals surface area contributed by atoms with E-state index in [2.05, 4.69) is 15.2 Å². The molecule has 0 bridgehead atoms. The fraction of sp³-hybridized carbons (Fsp3) is 0.100. The van der Waals surface area contributed by atoms with Gasteiger partial charge >= 0.3 is 12.1 Å². The fourth-order valence-corrected chi connectivity index (χ4v) is 1.37. The first-order chi connectivity index (χ1) is 8.39. The van der Waals surface area contributed by atoms with Crippen LogP contribution in [-0.4, -0.2) is 22.2 Å². The van der Waals surface area contributed by atoms with Gasteiger partial charge in [0.1, 0.15) is 0 Å². The molecule has 1 aromatic heterocycles. The number of fused-ring (bicyclic) bond motifs is 1. The first-order valence-electron chi connectivity index (χ1n) is 4.72. The van der Waals surface area contributed by atoms with Crippen molar-refractivity contribution in [3.8, 4) is 5.88 Å². The lowest BCUT2D eigenvalue weighted by Gasteiger charge is -1.97. The van der Waals surface area contributed by atoms with Crippen molar-refractivity contribution in [1.29, 1.82) is 0 Å². The SMILES string of the molecule is O=C(N=Nc1c(O)[nH]c2ccccc12)C(F)(F)F. The number of hydrogen-bond acceptors (Lipinski definition) is 3. The van der Waals surface area contributed by atoms with E-state index in [1.807, 2.05) is 0 Å². The summed E-state index contributed by atoms with van der Waals surface area (Å²) in [5.74, 6) is -2.78. The summed E-state index contributed by atoms with van der Waals surface area (Å²) in [5, 5.41) is 15.5. The second-order valence-electron chi connectivity index (χ2n) is 3.37. The number of nitrogens with one attached hydrogen (secondary N) is 1. The highest BCUT2D eigenvalue weighted by molar-refractivity contribution is 5.94. The maximum atomic E-state index is 11.9. The largest absolute Gasteiger partial charge is 0.493 e. The van der Waals surface area contributed by atoms with Crippen molar-refractivity contribution >= 4 is 22.5 Å². The third-order valence-electron chi connectivity index (χ3n) is 2.14. The molecule has 8 heteroatoms. The van der Waals surface area contributed by atoms with E-state index in [-0.39, 0.29) is 5.69 Å². The zero-order valence-electron chi connectivity index (χ0n) is 8.69. The van der Waals surface area contributed by atoms with Crippen LogP contribution in [-0.2, 0) is 4.79 Å². The van der Waals surface area contributed by atoms with Crippen LogP contribution in [0.2, 0.25) is 0 Å². The van der Waals surface area contributed by atoms with Crippen LogP contribution >= 0.6 is 0 Å². The molecule has 1 amide bonds. The highest BCUT2D eigenvalue weighted by atomic mass is 19.4. The molecule has 1 heterocycles. The lowest BCUT2D eigenvalue weighted by atomic mass is 10.2. The van der Waals surface area contributed by atoms with E-state index >= 15 is 0 Å². The number of carbonyl (C=O) groups excluding carboxylic acids is 1. The van der Waals surface area contributed by atoms with E-state index in [0.717, 1.165) is 0 Å². The summed E-state index contributed by atoms with van der Waals surface area (Å²) in [7, 11) is 0. The van der Waals surface area contributed by atoms with Crippen molar-refractivity contribution < 1.29 is 23.1 Å². The van der Waals surface area contributed by atoms with Crippen molar-refractivity contribution in [1.82, 2.24) is 4.98 Å². The molecule has 0 saturated heterocycles. The molecule has 0 fully saturated rings. The Balaban J connectivity index is 2.41. The average Bonchev–Trinajstić information content (AvgIpc) is 2.60. The zero-order valence-corrected chi connectivity index (χ0v) is 8.69. The monoisotopic (exact) mass is 257 g/mol. The minimum Gasteiger partial charge on any atom is -0.493 e. The Morgan fingerprint density at radius 3 is 2.61 bits per heavy atom. The molecule has 0 aliphatic heterocycles. The second kappa shape index (κ2) is 4.13. The average molecular weight is 257 g/mol. The fourth-order valence-electron chi connectivity index (χ4n) is 1.37. The summed E-state index contributed by atoms with van der Waals surface area (Å²) in [6.45, 7) is 0. The minimum absolute atomic E-state index is 0.205. The van der Waals surface area contributed by atoms with E-state index in [9.17, 15) is 23.1 Å². The van der Waals surface area contributed by atoms with Gasteiger partial charge in [-0.1, -0.05) is 18.2 Å². The number of para-hydroxylation sites is 1. The van der Waals surface area contributed by atoms with Crippen molar-refractivity contribution in [2.75, 3.05) is 0 Å². The predicted octanol–water partition coefficient (Wildman–Crippen LogP) is 3.05. The number of carbonyl (C=O) groups is 1. The first kappa shape index (κ1) is 12.1. The van der Waals surface area contributed by atoms with E-state index in [0.29, 0.717) is 10.9 Å². The predicted molar refractivity (Wildman–Crippen MR) is 55.5 cm³/mol. The minimum atomic E-state index is -5.08. The summed E-state index contributed by atoms with van der Waals surface area (Å²) in [6, 6.07) is 6.40. The molecule has 0 radical (unpaired) electrons. The number of azo groups is 1. The molecule has 2 aromatic rings. The summed E-state index contributed by atoms with van der Waals surface area (Å²) >= 11 is 0. The zero-order chi connectivity index (χ0) is 13.3. The van der Waals surface area contributed by atoms with E-state index in [1.54, 1.807) is 18.2 Å². The summed E-state index contributed by atoms with van der Waals surface area (Å²) in [5.41, 5.74) is 0.270. The highest BCUT2D eigenvalue weighted by Gasteiger charge is 2.39. The van der Waals surface area contributed by atoms with Crippen LogP contribution in [0.25, 0.3) is 10.9 Å². The topological polar surface area (TPSA) is 77.8 Å². The van der Waals surface area contributed by atoms with Gasteiger partial charge in [0.25, 0.3) is 0 Å². The van der Waals surface area contributed by atoms with Gasteiger partial charge in [0.15, 0.2) is 5.69 Å². The molecule has 1 aromatic carbocycles. The number of H-pyrrole nitrogens is 1. The highest BCUT2D eigenvalue weighted by Crippen LogP contribution is 2.35. The molecule has 0 saturated carbocycles. The molecule has 2 N–H and O–H groups in total. The Kier molecular flexibility index (Phi) is 2.77. The molecular formula is C10H6F3N3O2. The Morgan fingerprint density at radius 2 is 1.94 bits per heavy atom. The Bertz CT molecular complexity index is 631. The van der Waals surface area contributed by atoms with Gasteiger partial charge in [-0.05, 0) is 6.07 Å². The number of amides is 1. The number of aromatic hydroxyl groups is 1. The van der Waals surface area contributed by atoms with Gasteiger partial charge in [-0.15, -0.1) is 10.2 Å². The number of halogens is 3. The number of aromatic nitrogens is 1. The Labute approximate surface area is 98.0 Å². The standard InChI is InChI=1S/C10H6F3N3O2/c11-10(12,13)9(18)16-15-7-5-3-1-2-4-6(5)14-8(7)17/h1-4,14,17H. The van der Waals surface area contributed by atoms with Crippen LogP contribution in [0.3, 0.4) is 0 Å². The number of hydrogen-bond donors (Lipinski definition) is 2. The van der Waals surface area contributed by atoms with Crippen LogP contribution in [0, 0.1) is 0 Å². The number of nitrogens with zero attached hydrogens (tertiary/aromatic N) is 2. The van der Waals surface area contributed by atoms with Gasteiger partial charge in [0.05, 0.1) is 5.52 Å². The van der Waals surface area contributed by atoms with Crippen LogP contribution < -0.4 is 0 Å². The maximum Gasteiger partial charge on any atom is 0.475 e. The van der Waals surface area contributed by atoms with E-state index in [1.165, 1.54) is 6.07 Å². The smallest absolute Gasteiger partial charge is 0.475 e. The molecule has 0 spiro atoms. The van der Waals surface area contributed by atoms with Crippen molar-refractivity contribution in [2.24, 2.45) is 10.2 Å². The molecule has 2 rings (SSSR count). The van der Waals surface area contributed by atoms with Crippen LogP contribution in [0.1, 0.15) is 0 Å². The molecule has 0 unspecified atom stereocenters. The summed E-state index contributed by atoms with van der Waals surface area (Å²) < 4.78 is 35.8. The molecule has 94 valence electrons. The van der Waals surface area contributed by atoms with Crippen LogP contribution in [0.15, 0.2) is 34.5 Å². The normalized spacial score (nSPS) is 12.4. The maximum absolute atomic E-state index is 11.9. The lowest BCUT2D eigenvalue weighted by Crippen LogP contribution is -2.19. The number of alkyl halides is 3. The lowest BCUT2D eigenvalue weighted by molar-refractivity contribution is -0.170. The van der Waals surface area contributed by atoms with E-state index in [4.69, 9.17) is 0 Å². The molecule has 5 nitrogen and oxygen atoms in total. The van der Waals surface area contributed by atoms with Gasteiger partial charge in [-0.2, -0.15) is 13.2 Å². The van der Waals surface area contributed by atoms with Gasteiger partial charge in [-0.3, -0.25) is 4.79 Å². The van der Waals surface area contributed by atoms with Crippen molar-refractivity contribution in [3.05, 3.63) is 24.3 Å². The number of aromatic amines is 1. The third-order valence-corrected chi connectivity index (χ3v) is 2.14. The van der Waals surface area contributed by atoms with Gasteiger partial charge < -0.3 is 10.1 Å². The van der Waals surface area contributed by atoms with Gasteiger partial charge in [0.2, 0.25) is 5.88 Å². The number of benzene rings is 1. The quantitative estimate of drug-likeness (QED) is 0.770. The third kappa shape index (κ3) is 2.17. The summed E-state index contributed by atoms with van der Waals surface area (Å²) in [6.07, 6.45) is -5.08. The molecule has 0 aliphatic rings. The summed E-state index contributed by atoms with van der Waals surface area (Å²) in [4.78, 5) is 13.0. The van der Waals surface area contributed by atoms with Crippen LogP contribution in [0.5, 0.6) is 5.88 Å². The molecule has 0 atom stereocenters. The second-order valence-corrected chi connectivity index (χ2v) is 3.37. The van der Waals surface area contributed by atoms with Gasteiger partial charge in [0, 0.05) is 5.39 Å². The van der Waals surface area contributed by atoms with Crippen molar-refractivity contribution in [3.63, 3.8) is 0 Å². The first-order valence-corrected chi connectivity index (χ1v) is 4.72. The van der Waals surface area contributed by atoms with Gasteiger partial charge in [-0.25, -0.2) is 0 Å². The molecule has 0 aliphatic carbocycles. The van der Waals surface area contributed by atoms with Crippen molar-refractivity contribution in [2.45, 2.75) is 6.18 Å². The van der Waals surface area contributed by atoms with Crippen LogP contribution in [0.4, 0.5) is 18.9 Å². The molecular weight excluding hydrogens is 251 g/mol. The number of rotatable bonds is 1.